The number of para-hydroxylation sites is 4. The minimum absolute atomic E-state index is 1.06. The van der Waals surface area contributed by atoms with E-state index in [0.29, 0.717) is 0 Å². The first-order chi connectivity index (χ1) is 30.7. The summed E-state index contributed by atoms with van der Waals surface area (Å²) in [6, 6.07) is 89.6. The highest BCUT2D eigenvalue weighted by Gasteiger charge is 2.21. The van der Waals surface area contributed by atoms with Gasteiger partial charge in [0.2, 0.25) is 0 Å². The average Bonchev–Trinajstić information content (AvgIpc) is 3.72. The van der Waals surface area contributed by atoms with E-state index >= 15 is 0 Å². The molecule has 0 amide bonds. The fraction of sp³-hybridized carbons (Fsp3) is 0. The van der Waals surface area contributed by atoms with Gasteiger partial charge in [-0.2, -0.15) is 0 Å². The lowest BCUT2D eigenvalue weighted by molar-refractivity contribution is 1.25. The molecule has 0 aliphatic rings. The van der Waals surface area contributed by atoms with Crippen molar-refractivity contribution in [2.75, 3.05) is 14.7 Å². The smallest absolute Gasteiger partial charge is 0.0540 e. The van der Waals surface area contributed by atoms with Crippen LogP contribution < -0.4 is 14.7 Å². The number of anilines is 9. The van der Waals surface area contributed by atoms with Crippen LogP contribution in [0, 0.1) is 0 Å². The lowest BCUT2D eigenvalue weighted by Gasteiger charge is -2.31. The van der Waals surface area contributed by atoms with Crippen molar-refractivity contribution < 1.29 is 0 Å². The lowest BCUT2D eigenvalue weighted by Crippen LogP contribution is -2.14. The number of hydrogen-bond donors (Lipinski definition) is 0. The molecule has 0 fully saturated rings. The van der Waals surface area contributed by atoms with Gasteiger partial charge in [0, 0.05) is 71.1 Å². The molecule has 10 aromatic carbocycles. The number of rotatable bonds is 10. The quantitative estimate of drug-likeness (QED) is 0.136. The fourth-order valence-electron chi connectivity index (χ4n) is 8.71. The van der Waals surface area contributed by atoms with Crippen LogP contribution in [0.5, 0.6) is 0 Å². The van der Waals surface area contributed by atoms with Gasteiger partial charge in [-0.05, 0) is 126 Å². The molecule has 0 saturated carbocycles. The van der Waals surface area contributed by atoms with Crippen molar-refractivity contribution in [3.05, 3.63) is 249 Å². The normalized spacial score (nSPS) is 11.2. The maximum absolute atomic E-state index is 2.40. The van der Waals surface area contributed by atoms with Crippen molar-refractivity contribution in [3.63, 3.8) is 0 Å². The molecule has 0 N–H and O–H groups in total. The zero-order valence-electron chi connectivity index (χ0n) is 33.9. The summed E-state index contributed by atoms with van der Waals surface area (Å²) in [5, 5.41) is 4.96. The molecule has 0 atom stereocenters. The number of thiophene rings is 1. The monoisotopic (exact) mass is 811 g/mol. The largest absolute Gasteiger partial charge is 0.310 e. The SMILES string of the molecule is c1ccc(N(c2ccccc2)c2cc(-c3ccc(N(c4ccccc4)c4ccc5sc6ccccc6c5c4)cc3)cc(N(c3ccccc3)c3cccc4ccccc34)c2)cc1. The molecule has 11 rings (SSSR count). The van der Waals surface area contributed by atoms with Crippen molar-refractivity contribution in [1.29, 1.82) is 0 Å². The molecule has 0 aliphatic carbocycles. The van der Waals surface area contributed by atoms with E-state index in [1.807, 2.05) is 11.3 Å². The second-order valence-corrected chi connectivity index (χ2v) is 16.5. The number of hydrogen-bond acceptors (Lipinski definition) is 4. The van der Waals surface area contributed by atoms with Crippen molar-refractivity contribution in [2.24, 2.45) is 0 Å². The summed E-state index contributed by atoms with van der Waals surface area (Å²) in [6.45, 7) is 0. The van der Waals surface area contributed by atoms with Gasteiger partial charge in [0.05, 0.1) is 5.69 Å². The van der Waals surface area contributed by atoms with Gasteiger partial charge in [-0.25, -0.2) is 0 Å². The molecule has 0 radical (unpaired) electrons. The van der Waals surface area contributed by atoms with Gasteiger partial charge in [0.15, 0.2) is 0 Å². The van der Waals surface area contributed by atoms with Crippen molar-refractivity contribution in [1.82, 2.24) is 0 Å². The van der Waals surface area contributed by atoms with Crippen molar-refractivity contribution in [2.45, 2.75) is 0 Å². The Balaban J connectivity index is 1.10. The van der Waals surface area contributed by atoms with E-state index in [2.05, 4.69) is 263 Å². The predicted octanol–water partition coefficient (Wildman–Crippen LogP) is 17.3. The summed E-state index contributed by atoms with van der Waals surface area (Å²) in [5.41, 5.74) is 12.0. The third kappa shape index (κ3) is 7.02. The van der Waals surface area contributed by atoms with Crippen molar-refractivity contribution in [3.8, 4) is 11.1 Å². The standard InChI is InChI=1S/C58H41N3S/c1-5-20-45(21-6-1)59(50-36-37-58-55(41-50)54-29-15-16-31-57(54)62-58)49-34-32-42(33-35-49)44-38-51(60(46-22-7-2-8-23-46)47-24-9-3-10-25-47)40-52(39-44)61(48-26-11-4-12-27-48)56-30-17-19-43-18-13-14-28-53(43)56/h1-41H. The highest BCUT2D eigenvalue weighted by molar-refractivity contribution is 7.25. The van der Waals surface area contributed by atoms with Crippen LogP contribution in [0.3, 0.4) is 0 Å². The highest BCUT2D eigenvalue weighted by Crippen LogP contribution is 2.46. The molecule has 0 bridgehead atoms. The van der Waals surface area contributed by atoms with Crippen LogP contribution in [0.1, 0.15) is 0 Å². The molecular formula is C58H41N3S. The molecule has 1 aromatic heterocycles. The lowest BCUT2D eigenvalue weighted by atomic mass is 10.0. The van der Waals surface area contributed by atoms with E-state index in [9.17, 15) is 0 Å². The van der Waals surface area contributed by atoms with E-state index in [1.54, 1.807) is 0 Å². The summed E-state index contributed by atoms with van der Waals surface area (Å²) in [6.07, 6.45) is 0. The molecular weight excluding hydrogens is 771 g/mol. The van der Waals surface area contributed by atoms with Crippen LogP contribution in [0.4, 0.5) is 51.2 Å². The predicted molar refractivity (Wildman–Crippen MR) is 266 cm³/mol. The van der Waals surface area contributed by atoms with E-state index < -0.39 is 0 Å². The summed E-state index contributed by atoms with van der Waals surface area (Å²) in [5.74, 6) is 0. The summed E-state index contributed by atoms with van der Waals surface area (Å²) >= 11 is 1.85. The molecule has 294 valence electrons. The Morgan fingerprint density at radius 1 is 0.242 bits per heavy atom. The molecule has 1 heterocycles. The Bertz CT molecular complexity index is 3250. The van der Waals surface area contributed by atoms with E-state index in [-0.39, 0.29) is 0 Å². The highest BCUT2D eigenvalue weighted by atomic mass is 32.1. The van der Waals surface area contributed by atoms with Gasteiger partial charge >= 0.3 is 0 Å². The minimum Gasteiger partial charge on any atom is -0.310 e. The molecule has 0 aliphatic heterocycles. The average molecular weight is 812 g/mol. The van der Waals surface area contributed by atoms with Gasteiger partial charge in [-0.15, -0.1) is 11.3 Å². The van der Waals surface area contributed by atoms with Gasteiger partial charge in [0.25, 0.3) is 0 Å². The summed E-state index contributed by atoms with van der Waals surface area (Å²) < 4.78 is 2.60. The maximum Gasteiger partial charge on any atom is 0.0540 e. The zero-order valence-corrected chi connectivity index (χ0v) is 34.7. The summed E-state index contributed by atoms with van der Waals surface area (Å²) in [7, 11) is 0. The van der Waals surface area contributed by atoms with E-state index in [0.717, 1.165) is 62.3 Å². The van der Waals surface area contributed by atoms with Gasteiger partial charge < -0.3 is 14.7 Å². The zero-order chi connectivity index (χ0) is 41.2. The number of benzene rings is 10. The third-order valence-electron chi connectivity index (χ3n) is 11.6. The number of nitrogens with zero attached hydrogens (tertiary/aromatic N) is 3. The Labute approximate surface area is 366 Å². The van der Waals surface area contributed by atoms with Gasteiger partial charge in [-0.1, -0.05) is 140 Å². The van der Waals surface area contributed by atoms with Crippen LogP contribution >= 0.6 is 11.3 Å². The maximum atomic E-state index is 2.40. The Kier molecular flexibility index (Phi) is 9.74. The van der Waals surface area contributed by atoms with Crippen LogP contribution in [0.2, 0.25) is 0 Å². The summed E-state index contributed by atoms with van der Waals surface area (Å²) in [4.78, 5) is 7.12. The van der Waals surface area contributed by atoms with Crippen LogP contribution in [-0.2, 0) is 0 Å². The second-order valence-electron chi connectivity index (χ2n) is 15.4. The Morgan fingerprint density at radius 2 is 0.694 bits per heavy atom. The molecule has 4 heteroatoms. The first kappa shape index (κ1) is 37.1. The molecule has 62 heavy (non-hydrogen) atoms. The molecule has 0 saturated heterocycles. The Morgan fingerprint density at radius 3 is 1.32 bits per heavy atom. The van der Waals surface area contributed by atoms with Gasteiger partial charge in [0.1, 0.15) is 0 Å². The van der Waals surface area contributed by atoms with Crippen LogP contribution in [0.15, 0.2) is 249 Å². The molecule has 3 nitrogen and oxygen atoms in total. The third-order valence-corrected chi connectivity index (χ3v) is 12.7. The van der Waals surface area contributed by atoms with E-state index in [1.165, 1.54) is 30.9 Å². The molecule has 0 unspecified atom stereocenters. The van der Waals surface area contributed by atoms with Crippen molar-refractivity contribution >= 4 is 93.5 Å². The Hall–Kier alpha value is -7.92. The molecule has 0 spiro atoms. The van der Waals surface area contributed by atoms with Crippen LogP contribution in [-0.4, -0.2) is 0 Å². The van der Waals surface area contributed by atoms with Gasteiger partial charge in [-0.3, -0.25) is 0 Å². The first-order valence-electron chi connectivity index (χ1n) is 21.0. The topological polar surface area (TPSA) is 9.72 Å². The minimum atomic E-state index is 1.06. The molecule has 11 aromatic rings. The fourth-order valence-corrected chi connectivity index (χ4v) is 9.80. The second kappa shape index (κ2) is 16.3. The van der Waals surface area contributed by atoms with E-state index in [4.69, 9.17) is 0 Å². The first-order valence-corrected chi connectivity index (χ1v) is 21.8. The number of fused-ring (bicyclic) bond motifs is 4. The van der Waals surface area contributed by atoms with Crippen LogP contribution in [0.25, 0.3) is 42.1 Å².